The molecule has 0 bridgehead atoms. The van der Waals surface area contributed by atoms with Crippen molar-refractivity contribution in [1.82, 2.24) is 4.72 Å². The third-order valence-electron chi connectivity index (χ3n) is 7.59. The Hall–Kier alpha value is -4.34. The van der Waals surface area contributed by atoms with E-state index in [1.54, 1.807) is 37.4 Å². The molecule has 0 aliphatic carbocycles. The van der Waals surface area contributed by atoms with Crippen molar-refractivity contribution in [2.75, 3.05) is 48.4 Å². The number of hydrogen-bond acceptors (Lipinski definition) is 6. The van der Waals surface area contributed by atoms with E-state index in [4.69, 9.17) is 4.74 Å². The number of sulfonamides is 1. The van der Waals surface area contributed by atoms with Gasteiger partial charge in [-0.1, -0.05) is 48.5 Å². The van der Waals surface area contributed by atoms with Crippen LogP contribution in [-0.4, -0.2) is 47.6 Å². The molecule has 5 rings (SSSR count). The van der Waals surface area contributed by atoms with Crippen LogP contribution in [0.1, 0.15) is 34.5 Å². The second-order valence-corrected chi connectivity index (χ2v) is 12.1. The first kappa shape index (κ1) is 29.2. The van der Waals surface area contributed by atoms with Gasteiger partial charge in [-0.3, -0.25) is 4.79 Å². The zero-order valence-electron chi connectivity index (χ0n) is 24.1. The second-order valence-electron chi connectivity index (χ2n) is 10.4. The van der Waals surface area contributed by atoms with Crippen molar-refractivity contribution in [3.63, 3.8) is 0 Å². The Morgan fingerprint density at radius 1 is 0.833 bits per heavy atom. The Balaban J connectivity index is 1.42. The fourth-order valence-electron chi connectivity index (χ4n) is 5.20. The third kappa shape index (κ3) is 6.58. The molecule has 42 heavy (non-hydrogen) atoms. The topological polar surface area (TPSA) is 91.0 Å². The molecule has 8 nitrogen and oxygen atoms in total. The lowest BCUT2D eigenvalue weighted by atomic mass is 10.1. The number of nitrogens with zero attached hydrogens (tertiary/aromatic N) is 2. The normalized spacial score (nSPS) is 14.4. The summed E-state index contributed by atoms with van der Waals surface area (Å²) >= 11 is 0. The van der Waals surface area contributed by atoms with E-state index in [-0.39, 0.29) is 10.8 Å². The SMILES string of the molecule is COc1ccc(N2CCN(c3ccc(NC(=O)c4ccccc4C)cc3S(=O)(=O)N[C@@H](C)c3ccccc3)CC2)cc1. The first-order chi connectivity index (χ1) is 20.2. The van der Waals surface area contributed by atoms with Gasteiger partial charge in [0.2, 0.25) is 10.0 Å². The Kier molecular flexibility index (Phi) is 8.80. The number of nitrogens with one attached hydrogen (secondary N) is 2. The lowest BCUT2D eigenvalue weighted by molar-refractivity contribution is 0.102. The third-order valence-corrected chi connectivity index (χ3v) is 9.16. The first-order valence-corrected chi connectivity index (χ1v) is 15.5. The van der Waals surface area contributed by atoms with Gasteiger partial charge in [0.1, 0.15) is 10.6 Å². The average Bonchev–Trinajstić information content (AvgIpc) is 3.01. The number of benzene rings is 4. The summed E-state index contributed by atoms with van der Waals surface area (Å²) in [5.74, 6) is 0.516. The fraction of sp³-hybridized carbons (Fsp3) is 0.242. The van der Waals surface area contributed by atoms with Crippen molar-refractivity contribution < 1.29 is 17.9 Å². The quantitative estimate of drug-likeness (QED) is 0.265. The summed E-state index contributed by atoms with van der Waals surface area (Å²) in [6.45, 7) is 6.42. The number of carbonyl (C=O) groups excluding carboxylic acids is 1. The highest BCUT2D eigenvalue weighted by Gasteiger charge is 2.27. The standard InChI is InChI=1S/C33H36N4O4S/c1-24-9-7-8-12-30(24)33(38)34-27-13-18-31(32(23-27)42(39,40)35-25(2)26-10-5-4-6-11-26)37-21-19-36(20-22-37)28-14-16-29(41-3)17-15-28/h4-18,23,25,35H,19-22H2,1-3H3,(H,34,38)/t25-/m0/s1. The first-order valence-electron chi connectivity index (χ1n) is 14.0. The number of anilines is 3. The predicted octanol–water partition coefficient (Wildman–Crippen LogP) is 5.62. The smallest absolute Gasteiger partial charge is 0.255 e. The van der Waals surface area contributed by atoms with Crippen LogP contribution in [0, 0.1) is 6.92 Å². The molecule has 1 fully saturated rings. The van der Waals surface area contributed by atoms with Crippen LogP contribution in [-0.2, 0) is 10.0 Å². The predicted molar refractivity (Wildman–Crippen MR) is 168 cm³/mol. The summed E-state index contributed by atoms with van der Waals surface area (Å²) in [6, 6.07) is 29.4. The molecule has 0 aromatic heterocycles. The molecule has 0 unspecified atom stereocenters. The molecule has 2 N–H and O–H groups in total. The molecule has 9 heteroatoms. The molecular formula is C33H36N4O4S. The van der Waals surface area contributed by atoms with Crippen LogP contribution in [0.25, 0.3) is 0 Å². The lowest BCUT2D eigenvalue weighted by Crippen LogP contribution is -2.47. The van der Waals surface area contributed by atoms with Crippen LogP contribution in [0.2, 0.25) is 0 Å². The summed E-state index contributed by atoms with van der Waals surface area (Å²) in [6.07, 6.45) is 0. The van der Waals surface area contributed by atoms with E-state index in [1.165, 1.54) is 0 Å². The number of carbonyl (C=O) groups is 1. The number of rotatable bonds is 9. The Morgan fingerprint density at radius 2 is 1.48 bits per heavy atom. The van der Waals surface area contributed by atoms with Crippen LogP contribution < -0.4 is 24.6 Å². The highest BCUT2D eigenvalue weighted by molar-refractivity contribution is 7.89. The van der Waals surface area contributed by atoms with Crippen molar-refractivity contribution in [1.29, 1.82) is 0 Å². The van der Waals surface area contributed by atoms with E-state index in [2.05, 4.69) is 19.8 Å². The maximum atomic E-state index is 13.9. The second kappa shape index (κ2) is 12.7. The molecule has 0 radical (unpaired) electrons. The maximum absolute atomic E-state index is 13.9. The van der Waals surface area contributed by atoms with E-state index < -0.39 is 16.1 Å². The summed E-state index contributed by atoms with van der Waals surface area (Å²) in [5.41, 5.74) is 4.35. The Morgan fingerprint density at radius 3 is 2.14 bits per heavy atom. The molecule has 1 aliphatic heterocycles. The molecule has 1 heterocycles. The minimum atomic E-state index is -3.96. The molecule has 4 aromatic carbocycles. The minimum absolute atomic E-state index is 0.130. The van der Waals surface area contributed by atoms with E-state index in [1.807, 2.05) is 80.6 Å². The van der Waals surface area contributed by atoms with Gasteiger partial charge in [0.15, 0.2) is 0 Å². The summed E-state index contributed by atoms with van der Waals surface area (Å²) in [7, 11) is -2.32. The van der Waals surface area contributed by atoms with Crippen molar-refractivity contribution >= 4 is 33.0 Å². The maximum Gasteiger partial charge on any atom is 0.255 e. The number of amides is 1. The van der Waals surface area contributed by atoms with Crippen LogP contribution in [0.3, 0.4) is 0 Å². The zero-order chi connectivity index (χ0) is 29.7. The van der Waals surface area contributed by atoms with Gasteiger partial charge >= 0.3 is 0 Å². The van der Waals surface area contributed by atoms with Crippen LogP contribution >= 0.6 is 0 Å². The van der Waals surface area contributed by atoms with E-state index in [9.17, 15) is 13.2 Å². The largest absolute Gasteiger partial charge is 0.497 e. The van der Waals surface area contributed by atoms with Gasteiger partial charge < -0.3 is 19.9 Å². The van der Waals surface area contributed by atoms with Crippen LogP contribution in [0.15, 0.2) is 102 Å². The van der Waals surface area contributed by atoms with Gasteiger partial charge in [0, 0.05) is 49.2 Å². The highest BCUT2D eigenvalue weighted by Crippen LogP contribution is 2.32. The molecular weight excluding hydrogens is 548 g/mol. The van der Waals surface area contributed by atoms with E-state index in [0.29, 0.717) is 30.0 Å². The van der Waals surface area contributed by atoms with Gasteiger partial charge in [-0.2, -0.15) is 0 Å². The number of methoxy groups -OCH3 is 1. The van der Waals surface area contributed by atoms with Gasteiger partial charge in [0.25, 0.3) is 5.91 Å². The molecule has 0 saturated carbocycles. The molecule has 1 amide bonds. The van der Waals surface area contributed by atoms with Gasteiger partial charge in [0.05, 0.1) is 12.8 Å². The highest BCUT2D eigenvalue weighted by atomic mass is 32.2. The number of aryl methyl sites for hydroxylation is 1. The fourth-order valence-corrected chi connectivity index (χ4v) is 6.68. The lowest BCUT2D eigenvalue weighted by Gasteiger charge is -2.38. The summed E-state index contributed by atoms with van der Waals surface area (Å²) < 4.78 is 36.0. The molecule has 0 spiro atoms. The van der Waals surface area contributed by atoms with Crippen LogP contribution in [0.5, 0.6) is 5.75 Å². The monoisotopic (exact) mass is 584 g/mol. The van der Waals surface area contributed by atoms with E-state index in [0.717, 1.165) is 35.7 Å². The van der Waals surface area contributed by atoms with Gasteiger partial charge in [-0.15, -0.1) is 0 Å². The number of hydrogen-bond donors (Lipinski definition) is 2. The molecule has 1 aliphatic rings. The van der Waals surface area contributed by atoms with Gasteiger partial charge in [-0.25, -0.2) is 13.1 Å². The molecule has 4 aromatic rings. The van der Waals surface area contributed by atoms with Crippen molar-refractivity contribution in [2.24, 2.45) is 0 Å². The Labute approximate surface area is 248 Å². The Bertz CT molecular complexity index is 1630. The number of ether oxygens (including phenoxy) is 1. The van der Waals surface area contributed by atoms with Gasteiger partial charge in [-0.05, 0) is 73.5 Å². The summed E-state index contributed by atoms with van der Waals surface area (Å²) in [5, 5.41) is 2.90. The van der Waals surface area contributed by atoms with Crippen molar-refractivity contribution in [3.8, 4) is 5.75 Å². The zero-order valence-corrected chi connectivity index (χ0v) is 24.9. The number of piperazine rings is 1. The van der Waals surface area contributed by atoms with Crippen LogP contribution in [0.4, 0.5) is 17.1 Å². The molecule has 1 atom stereocenters. The van der Waals surface area contributed by atoms with Crippen molar-refractivity contribution in [2.45, 2.75) is 24.8 Å². The van der Waals surface area contributed by atoms with E-state index >= 15 is 0 Å². The minimum Gasteiger partial charge on any atom is -0.497 e. The molecule has 1 saturated heterocycles. The van der Waals surface area contributed by atoms with Crippen molar-refractivity contribution in [3.05, 3.63) is 114 Å². The summed E-state index contributed by atoms with van der Waals surface area (Å²) in [4.78, 5) is 17.6. The average molecular weight is 585 g/mol. The molecule has 218 valence electrons.